The van der Waals surface area contributed by atoms with E-state index in [4.69, 9.17) is 0 Å². The average Bonchev–Trinajstić information content (AvgIpc) is 3.36. The molecular weight excluding hydrogens is 371 g/mol. The standard InChI is InChI=1S/C21H21FN6O/c1-23-20-17-18(28(2)10-25-17)15-8-16(26-19(15)27-20)13-5-11(6-14(22)7-13)9-24-21(29)12-3-4-12/h5-8,10,12H,3-4,9H2,1-2H3,(H,24,29)(H2,23,26,27). The van der Waals surface area contributed by atoms with Gasteiger partial charge in [0.15, 0.2) is 5.82 Å². The lowest BCUT2D eigenvalue weighted by molar-refractivity contribution is -0.122. The first-order valence-electron chi connectivity index (χ1n) is 9.62. The number of imidazole rings is 1. The first-order chi connectivity index (χ1) is 14.0. The minimum absolute atomic E-state index is 0.0452. The minimum Gasteiger partial charge on any atom is -0.371 e. The second-order valence-corrected chi connectivity index (χ2v) is 7.55. The highest BCUT2D eigenvalue weighted by Crippen LogP contribution is 2.32. The van der Waals surface area contributed by atoms with Crippen molar-refractivity contribution < 1.29 is 9.18 Å². The van der Waals surface area contributed by atoms with Gasteiger partial charge < -0.3 is 20.2 Å². The first-order valence-corrected chi connectivity index (χ1v) is 9.62. The molecule has 0 spiro atoms. The lowest BCUT2D eigenvalue weighted by atomic mass is 10.1. The Labute approximate surface area is 166 Å². The van der Waals surface area contributed by atoms with Crippen LogP contribution in [0, 0.1) is 11.7 Å². The van der Waals surface area contributed by atoms with Crippen LogP contribution in [-0.4, -0.2) is 32.5 Å². The number of nitrogens with one attached hydrogen (secondary N) is 3. The molecule has 1 amide bonds. The summed E-state index contributed by atoms with van der Waals surface area (Å²) in [5, 5.41) is 6.88. The predicted molar refractivity (Wildman–Crippen MR) is 110 cm³/mol. The largest absolute Gasteiger partial charge is 0.371 e. The fraction of sp³-hybridized carbons (Fsp3) is 0.286. The molecular formula is C21H21FN6O. The molecule has 0 atom stereocenters. The van der Waals surface area contributed by atoms with Gasteiger partial charge in [0.25, 0.3) is 0 Å². The smallest absolute Gasteiger partial charge is 0.223 e. The van der Waals surface area contributed by atoms with E-state index in [1.54, 1.807) is 13.4 Å². The van der Waals surface area contributed by atoms with E-state index >= 15 is 0 Å². The van der Waals surface area contributed by atoms with Crippen molar-refractivity contribution in [3.05, 3.63) is 42.0 Å². The molecule has 7 nitrogen and oxygen atoms in total. The van der Waals surface area contributed by atoms with E-state index in [2.05, 4.69) is 25.6 Å². The quantitative estimate of drug-likeness (QED) is 0.486. The Morgan fingerprint density at radius 2 is 2.14 bits per heavy atom. The number of amides is 1. The number of H-pyrrole nitrogens is 1. The van der Waals surface area contributed by atoms with Crippen LogP contribution in [0.15, 0.2) is 30.6 Å². The molecule has 1 saturated carbocycles. The summed E-state index contributed by atoms with van der Waals surface area (Å²) in [5.74, 6) is 0.518. The number of hydrogen-bond acceptors (Lipinski definition) is 4. The third-order valence-corrected chi connectivity index (χ3v) is 5.36. The SMILES string of the molecule is CNc1nc2[nH]c(-c3cc(F)cc(CNC(=O)C4CC4)c3)cc2c2c1ncn2C. The Balaban J connectivity index is 1.55. The normalized spacial score (nSPS) is 13.9. The third-order valence-electron chi connectivity index (χ3n) is 5.36. The van der Waals surface area contributed by atoms with E-state index in [9.17, 15) is 9.18 Å². The molecule has 3 N–H and O–H groups in total. The monoisotopic (exact) mass is 392 g/mol. The Morgan fingerprint density at radius 1 is 1.31 bits per heavy atom. The molecule has 0 radical (unpaired) electrons. The number of anilines is 1. The van der Waals surface area contributed by atoms with Crippen LogP contribution < -0.4 is 10.6 Å². The van der Waals surface area contributed by atoms with Crippen LogP contribution in [-0.2, 0) is 18.4 Å². The first kappa shape index (κ1) is 17.7. The zero-order valence-electron chi connectivity index (χ0n) is 16.2. The number of carbonyl (C=O) groups is 1. The highest BCUT2D eigenvalue weighted by molar-refractivity contribution is 6.07. The van der Waals surface area contributed by atoms with Crippen molar-refractivity contribution in [2.75, 3.05) is 12.4 Å². The van der Waals surface area contributed by atoms with Crippen LogP contribution >= 0.6 is 0 Å². The van der Waals surface area contributed by atoms with E-state index in [-0.39, 0.29) is 17.6 Å². The summed E-state index contributed by atoms with van der Waals surface area (Å²) in [7, 11) is 3.74. The van der Waals surface area contributed by atoms with Crippen LogP contribution in [0.2, 0.25) is 0 Å². The second kappa shape index (κ2) is 6.58. The fourth-order valence-electron chi connectivity index (χ4n) is 3.72. The van der Waals surface area contributed by atoms with Crippen molar-refractivity contribution in [3.63, 3.8) is 0 Å². The van der Waals surface area contributed by atoms with Gasteiger partial charge in [-0.25, -0.2) is 14.4 Å². The molecule has 3 aromatic heterocycles. The number of aryl methyl sites for hydroxylation is 1. The molecule has 4 aromatic rings. The maximum atomic E-state index is 14.3. The molecule has 0 bridgehead atoms. The van der Waals surface area contributed by atoms with Crippen LogP contribution in [0.3, 0.4) is 0 Å². The predicted octanol–water partition coefficient (Wildman–Crippen LogP) is 3.32. The van der Waals surface area contributed by atoms with Crippen LogP contribution in [0.4, 0.5) is 10.2 Å². The van der Waals surface area contributed by atoms with Gasteiger partial charge in [-0.15, -0.1) is 0 Å². The zero-order valence-corrected chi connectivity index (χ0v) is 16.2. The molecule has 1 fully saturated rings. The summed E-state index contributed by atoms with van der Waals surface area (Å²) in [6, 6.07) is 6.79. The molecule has 29 heavy (non-hydrogen) atoms. The van der Waals surface area contributed by atoms with Crippen molar-refractivity contribution in [2.45, 2.75) is 19.4 Å². The van der Waals surface area contributed by atoms with Crippen molar-refractivity contribution in [2.24, 2.45) is 13.0 Å². The van der Waals surface area contributed by atoms with E-state index in [0.29, 0.717) is 23.6 Å². The van der Waals surface area contributed by atoms with Gasteiger partial charge in [0.05, 0.1) is 11.8 Å². The topological polar surface area (TPSA) is 87.6 Å². The molecule has 1 aliphatic rings. The minimum atomic E-state index is -0.341. The lowest BCUT2D eigenvalue weighted by Crippen LogP contribution is -2.24. The summed E-state index contributed by atoms with van der Waals surface area (Å²) in [6.45, 7) is 0.314. The second-order valence-electron chi connectivity index (χ2n) is 7.55. The Morgan fingerprint density at radius 3 is 2.90 bits per heavy atom. The zero-order chi connectivity index (χ0) is 20.1. The molecule has 148 valence electrons. The van der Waals surface area contributed by atoms with Crippen molar-refractivity contribution in [1.82, 2.24) is 24.8 Å². The average molecular weight is 392 g/mol. The number of fused-ring (bicyclic) bond motifs is 3. The van der Waals surface area contributed by atoms with E-state index in [0.717, 1.165) is 40.5 Å². The van der Waals surface area contributed by atoms with Crippen LogP contribution in [0.1, 0.15) is 18.4 Å². The molecule has 0 aliphatic heterocycles. The fourth-order valence-corrected chi connectivity index (χ4v) is 3.72. The van der Waals surface area contributed by atoms with Gasteiger partial charge >= 0.3 is 0 Å². The van der Waals surface area contributed by atoms with E-state index in [1.165, 1.54) is 12.1 Å². The maximum absolute atomic E-state index is 14.3. The Bertz CT molecular complexity index is 1250. The van der Waals surface area contributed by atoms with Gasteiger partial charge in [-0.1, -0.05) is 0 Å². The van der Waals surface area contributed by atoms with E-state index in [1.807, 2.05) is 23.7 Å². The van der Waals surface area contributed by atoms with Crippen molar-refractivity contribution in [3.8, 4) is 11.3 Å². The highest BCUT2D eigenvalue weighted by atomic mass is 19.1. The van der Waals surface area contributed by atoms with Crippen LogP contribution in [0.25, 0.3) is 33.3 Å². The summed E-state index contributed by atoms with van der Waals surface area (Å²) < 4.78 is 16.2. The lowest BCUT2D eigenvalue weighted by Gasteiger charge is -2.07. The molecule has 3 heterocycles. The number of rotatable bonds is 5. The van der Waals surface area contributed by atoms with Gasteiger partial charge in [-0.3, -0.25) is 4.79 Å². The van der Waals surface area contributed by atoms with Gasteiger partial charge in [0.2, 0.25) is 5.91 Å². The van der Waals surface area contributed by atoms with Gasteiger partial charge in [-0.2, -0.15) is 0 Å². The molecule has 0 unspecified atom stereocenters. The number of aromatic nitrogens is 4. The molecule has 1 aliphatic carbocycles. The van der Waals surface area contributed by atoms with E-state index < -0.39 is 0 Å². The van der Waals surface area contributed by atoms with Crippen LogP contribution in [0.5, 0.6) is 0 Å². The number of pyridine rings is 1. The Hall–Kier alpha value is -3.42. The number of benzene rings is 1. The summed E-state index contributed by atoms with van der Waals surface area (Å²) in [4.78, 5) is 24.2. The number of carbonyl (C=O) groups excluding carboxylic acids is 1. The summed E-state index contributed by atoms with van der Waals surface area (Å²) in [5.41, 5.74) is 4.64. The third kappa shape index (κ3) is 3.10. The van der Waals surface area contributed by atoms with Crippen molar-refractivity contribution >= 4 is 33.8 Å². The molecule has 8 heteroatoms. The number of halogens is 1. The van der Waals surface area contributed by atoms with Gasteiger partial charge in [0, 0.05) is 43.2 Å². The molecule has 5 rings (SSSR count). The van der Waals surface area contributed by atoms with Gasteiger partial charge in [0.1, 0.15) is 17.0 Å². The summed E-state index contributed by atoms with van der Waals surface area (Å²) in [6.07, 6.45) is 3.64. The number of nitrogens with zero attached hydrogens (tertiary/aromatic N) is 3. The number of aromatic amines is 1. The highest BCUT2D eigenvalue weighted by Gasteiger charge is 2.29. The molecule has 0 saturated heterocycles. The van der Waals surface area contributed by atoms with Crippen molar-refractivity contribution in [1.29, 1.82) is 0 Å². The Kier molecular flexibility index (Phi) is 4.01. The summed E-state index contributed by atoms with van der Waals surface area (Å²) >= 11 is 0. The number of hydrogen-bond donors (Lipinski definition) is 3. The van der Waals surface area contributed by atoms with Gasteiger partial charge in [-0.05, 0) is 42.7 Å². The maximum Gasteiger partial charge on any atom is 0.223 e. The molecule has 1 aromatic carbocycles.